The topological polar surface area (TPSA) is 53.1 Å². The summed E-state index contributed by atoms with van der Waals surface area (Å²) in [6.07, 6.45) is 1.55. The molecule has 0 aliphatic rings. The molecule has 2 rings (SSSR count). The molecule has 18 heavy (non-hydrogen) atoms. The van der Waals surface area contributed by atoms with E-state index in [1.54, 1.807) is 12.1 Å². The number of hydrogen-bond acceptors (Lipinski definition) is 1. The van der Waals surface area contributed by atoms with Crippen LogP contribution in [0.25, 0.3) is 17.0 Å². The van der Waals surface area contributed by atoms with Crippen LogP contribution in [-0.4, -0.2) is 16.1 Å². The van der Waals surface area contributed by atoms with Crippen LogP contribution in [0.2, 0.25) is 10.2 Å². The van der Waals surface area contributed by atoms with E-state index in [0.717, 1.165) is 16.5 Å². The predicted molar refractivity (Wildman–Crippen MR) is 74.3 cm³/mol. The van der Waals surface area contributed by atoms with E-state index in [4.69, 9.17) is 28.3 Å². The zero-order valence-electron chi connectivity index (χ0n) is 9.84. The first-order valence-electron chi connectivity index (χ1n) is 5.29. The maximum atomic E-state index is 10.9. The number of halogens is 2. The molecule has 0 saturated heterocycles. The Kier molecular flexibility index (Phi) is 3.37. The van der Waals surface area contributed by atoms with Gasteiger partial charge in [-0.25, -0.2) is 4.79 Å². The standard InChI is InChI=1S/C13H11Cl2NO2/c1-6(13(17)18)5-9-8-3-4-10(14)7(2)11(8)16-12(9)15/h3-5,16H,1-2H3,(H,17,18)/b6-5+. The molecule has 0 spiro atoms. The molecule has 0 bridgehead atoms. The quantitative estimate of drug-likeness (QED) is 0.809. The molecule has 2 N–H and O–H groups in total. The van der Waals surface area contributed by atoms with Gasteiger partial charge in [-0.15, -0.1) is 0 Å². The number of aliphatic carboxylic acids is 1. The number of benzene rings is 1. The lowest BCUT2D eigenvalue weighted by atomic mass is 10.1. The Hall–Kier alpha value is -1.45. The van der Waals surface area contributed by atoms with Crippen molar-refractivity contribution >= 4 is 46.2 Å². The molecule has 0 aliphatic heterocycles. The van der Waals surface area contributed by atoms with Gasteiger partial charge in [-0.05, 0) is 31.6 Å². The number of nitrogens with one attached hydrogen (secondary N) is 1. The smallest absolute Gasteiger partial charge is 0.331 e. The van der Waals surface area contributed by atoms with Gasteiger partial charge >= 0.3 is 5.97 Å². The minimum absolute atomic E-state index is 0.227. The molecule has 94 valence electrons. The third kappa shape index (κ3) is 2.11. The first-order valence-corrected chi connectivity index (χ1v) is 6.05. The van der Waals surface area contributed by atoms with Crippen molar-refractivity contribution < 1.29 is 9.90 Å². The summed E-state index contributed by atoms with van der Waals surface area (Å²) in [6, 6.07) is 3.60. The second-order valence-electron chi connectivity index (χ2n) is 4.08. The summed E-state index contributed by atoms with van der Waals surface area (Å²) >= 11 is 12.1. The molecule has 1 heterocycles. The van der Waals surface area contributed by atoms with Gasteiger partial charge in [0.2, 0.25) is 0 Å². The van der Waals surface area contributed by atoms with E-state index < -0.39 is 5.97 Å². The van der Waals surface area contributed by atoms with Crippen LogP contribution in [0, 0.1) is 6.92 Å². The molecule has 3 nitrogen and oxygen atoms in total. The summed E-state index contributed by atoms with van der Waals surface area (Å²) in [6.45, 7) is 3.41. The third-order valence-corrected chi connectivity index (χ3v) is 3.57. The lowest BCUT2D eigenvalue weighted by Crippen LogP contribution is -1.95. The van der Waals surface area contributed by atoms with Gasteiger partial charge in [-0.1, -0.05) is 29.3 Å². The lowest BCUT2D eigenvalue weighted by Gasteiger charge is -1.99. The van der Waals surface area contributed by atoms with E-state index in [-0.39, 0.29) is 5.57 Å². The normalized spacial score (nSPS) is 12.1. The molecule has 1 aromatic carbocycles. The highest BCUT2D eigenvalue weighted by molar-refractivity contribution is 6.34. The largest absolute Gasteiger partial charge is 0.478 e. The van der Waals surface area contributed by atoms with Crippen LogP contribution in [0.3, 0.4) is 0 Å². The zero-order valence-corrected chi connectivity index (χ0v) is 11.4. The van der Waals surface area contributed by atoms with Gasteiger partial charge in [0.15, 0.2) is 0 Å². The van der Waals surface area contributed by atoms with Crippen molar-refractivity contribution in [3.8, 4) is 0 Å². The van der Waals surface area contributed by atoms with Gasteiger partial charge in [0.1, 0.15) is 5.15 Å². The van der Waals surface area contributed by atoms with Crippen molar-refractivity contribution in [2.24, 2.45) is 0 Å². The van der Waals surface area contributed by atoms with Crippen LogP contribution in [0.15, 0.2) is 17.7 Å². The molecule has 0 aliphatic carbocycles. The Morgan fingerprint density at radius 1 is 1.39 bits per heavy atom. The van der Waals surface area contributed by atoms with E-state index in [2.05, 4.69) is 4.98 Å². The fourth-order valence-corrected chi connectivity index (χ4v) is 2.19. The van der Waals surface area contributed by atoms with Gasteiger partial charge in [0.25, 0.3) is 0 Å². The number of hydrogen-bond donors (Lipinski definition) is 2. The Morgan fingerprint density at radius 3 is 2.67 bits per heavy atom. The van der Waals surface area contributed by atoms with Crippen molar-refractivity contribution in [2.45, 2.75) is 13.8 Å². The van der Waals surface area contributed by atoms with E-state index >= 15 is 0 Å². The number of fused-ring (bicyclic) bond motifs is 1. The maximum Gasteiger partial charge on any atom is 0.331 e. The van der Waals surface area contributed by atoms with Crippen LogP contribution in [0.5, 0.6) is 0 Å². The average Bonchev–Trinajstić information content (AvgIpc) is 2.62. The molecule has 5 heteroatoms. The fourth-order valence-electron chi connectivity index (χ4n) is 1.79. The summed E-state index contributed by atoms with van der Waals surface area (Å²) in [5.41, 5.74) is 2.62. The van der Waals surface area contributed by atoms with E-state index in [9.17, 15) is 4.79 Å². The molecule has 2 aromatic rings. The molecular formula is C13H11Cl2NO2. The van der Waals surface area contributed by atoms with Crippen LogP contribution in [0.1, 0.15) is 18.1 Å². The summed E-state index contributed by atoms with van der Waals surface area (Å²) in [7, 11) is 0. The van der Waals surface area contributed by atoms with Crippen molar-refractivity contribution in [1.29, 1.82) is 0 Å². The van der Waals surface area contributed by atoms with Crippen molar-refractivity contribution in [1.82, 2.24) is 4.98 Å². The van der Waals surface area contributed by atoms with Gasteiger partial charge in [0, 0.05) is 21.5 Å². The lowest BCUT2D eigenvalue weighted by molar-refractivity contribution is -0.132. The van der Waals surface area contributed by atoms with Crippen LogP contribution >= 0.6 is 23.2 Å². The van der Waals surface area contributed by atoms with Crippen LogP contribution < -0.4 is 0 Å². The fraction of sp³-hybridized carbons (Fsp3) is 0.154. The number of rotatable bonds is 2. The second kappa shape index (κ2) is 4.67. The van der Waals surface area contributed by atoms with Gasteiger partial charge in [0.05, 0.1) is 5.52 Å². The molecular weight excluding hydrogens is 273 g/mol. The van der Waals surface area contributed by atoms with Gasteiger partial charge < -0.3 is 10.1 Å². The Bertz CT molecular complexity index is 671. The highest BCUT2D eigenvalue weighted by Gasteiger charge is 2.12. The first kappa shape index (κ1) is 13.0. The summed E-state index contributed by atoms with van der Waals surface area (Å²) in [5, 5.41) is 10.8. The Morgan fingerprint density at radius 2 is 2.06 bits per heavy atom. The number of carbonyl (C=O) groups is 1. The summed E-state index contributed by atoms with van der Waals surface area (Å²) in [4.78, 5) is 13.9. The minimum atomic E-state index is -0.967. The SMILES string of the molecule is C/C(=C\c1c(Cl)[nH]c2c(C)c(Cl)ccc12)C(=O)O. The Labute approximate surface area is 114 Å². The maximum absolute atomic E-state index is 10.9. The van der Waals surface area contributed by atoms with E-state index in [1.165, 1.54) is 6.92 Å². The molecule has 0 atom stereocenters. The molecule has 0 saturated carbocycles. The molecule has 0 fully saturated rings. The van der Waals surface area contributed by atoms with Crippen LogP contribution in [-0.2, 0) is 4.79 Å². The van der Waals surface area contributed by atoms with E-state index in [1.807, 2.05) is 13.0 Å². The number of aryl methyl sites for hydroxylation is 1. The van der Waals surface area contributed by atoms with Crippen molar-refractivity contribution in [3.05, 3.63) is 39.0 Å². The van der Waals surface area contributed by atoms with Gasteiger partial charge in [-0.2, -0.15) is 0 Å². The van der Waals surface area contributed by atoms with Gasteiger partial charge in [-0.3, -0.25) is 0 Å². The predicted octanol–water partition coefficient (Wildman–Crippen LogP) is 4.27. The monoisotopic (exact) mass is 283 g/mol. The van der Waals surface area contributed by atoms with E-state index in [0.29, 0.717) is 15.7 Å². The average molecular weight is 284 g/mol. The minimum Gasteiger partial charge on any atom is -0.478 e. The highest BCUT2D eigenvalue weighted by atomic mass is 35.5. The molecule has 0 unspecified atom stereocenters. The zero-order chi connectivity index (χ0) is 13.4. The number of aromatic amines is 1. The summed E-state index contributed by atoms with van der Waals surface area (Å²) < 4.78 is 0. The van der Waals surface area contributed by atoms with Crippen LogP contribution in [0.4, 0.5) is 0 Å². The highest BCUT2D eigenvalue weighted by Crippen LogP contribution is 2.32. The number of H-pyrrole nitrogens is 1. The number of carboxylic acids is 1. The van der Waals surface area contributed by atoms with Crippen molar-refractivity contribution in [3.63, 3.8) is 0 Å². The Balaban J connectivity index is 2.73. The first-order chi connectivity index (χ1) is 8.41. The second-order valence-corrected chi connectivity index (χ2v) is 4.87. The molecule has 1 aromatic heterocycles. The number of aromatic nitrogens is 1. The number of carboxylic acid groups (broad SMARTS) is 1. The van der Waals surface area contributed by atoms with Crippen molar-refractivity contribution in [2.75, 3.05) is 0 Å². The third-order valence-electron chi connectivity index (χ3n) is 2.86. The summed E-state index contributed by atoms with van der Waals surface area (Å²) in [5.74, 6) is -0.967. The molecule has 0 amide bonds. The molecule has 0 radical (unpaired) electrons.